The number of carbonyl (C=O) groups is 2. The van der Waals surface area contributed by atoms with Crippen molar-refractivity contribution in [3.05, 3.63) is 12.2 Å². The number of hydrogen-bond acceptors (Lipinski definition) is 3. The average Bonchev–Trinajstić information content (AvgIpc) is 2.13. The largest absolute Gasteiger partial charge is 0.467 e. The van der Waals surface area contributed by atoms with Crippen LogP contribution in [0.25, 0.3) is 0 Å². The zero-order chi connectivity index (χ0) is 12.7. The number of amides is 1. The van der Waals surface area contributed by atoms with Crippen LogP contribution in [0.5, 0.6) is 0 Å². The zero-order valence-electron chi connectivity index (χ0n) is 10.5. The molecule has 0 aliphatic rings. The fourth-order valence-electron chi connectivity index (χ4n) is 1.31. The Labute approximate surface area is 97.1 Å². The molecule has 0 rings (SSSR count). The molecule has 0 aromatic carbocycles. The Hall–Kier alpha value is -1.32. The highest BCUT2D eigenvalue weighted by Crippen LogP contribution is 2.06. The number of hydrogen-bond donors (Lipinski definition) is 1. The van der Waals surface area contributed by atoms with Crippen molar-refractivity contribution in [2.24, 2.45) is 5.92 Å². The van der Waals surface area contributed by atoms with Crippen LogP contribution in [-0.4, -0.2) is 25.0 Å². The fraction of sp³-hybridized carbons (Fsp3) is 0.667. The third kappa shape index (κ3) is 6.22. The van der Waals surface area contributed by atoms with Crippen LogP contribution in [0.3, 0.4) is 0 Å². The third-order valence-corrected chi connectivity index (χ3v) is 1.97. The van der Waals surface area contributed by atoms with E-state index in [0.717, 1.165) is 5.57 Å². The Morgan fingerprint density at radius 2 is 1.88 bits per heavy atom. The van der Waals surface area contributed by atoms with Crippen molar-refractivity contribution in [2.75, 3.05) is 7.11 Å². The minimum atomic E-state index is -0.617. The average molecular weight is 227 g/mol. The summed E-state index contributed by atoms with van der Waals surface area (Å²) >= 11 is 0. The van der Waals surface area contributed by atoms with E-state index in [1.807, 2.05) is 20.8 Å². The Kier molecular flexibility index (Phi) is 6.46. The van der Waals surface area contributed by atoms with Gasteiger partial charge in [-0.05, 0) is 19.3 Å². The number of rotatable bonds is 6. The minimum absolute atomic E-state index is 0.133. The SMILES string of the molecule is C=C(C)C[C@@H](NC(=O)CC(C)C)C(=O)OC. The highest BCUT2D eigenvalue weighted by atomic mass is 16.5. The lowest BCUT2D eigenvalue weighted by molar-refractivity contribution is -0.145. The van der Waals surface area contributed by atoms with Crippen LogP contribution in [0.1, 0.15) is 33.6 Å². The van der Waals surface area contributed by atoms with Gasteiger partial charge >= 0.3 is 5.97 Å². The Morgan fingerprint density at radius 1 is 1.31 bits per heavy atom. The molecule has 0 saturated heterocycles. The normalized spacial score (nSPS) is 12.1. The van der Waals surface area contributed by atoms with Crippen molar-refractivity contribution in [1.82, 2.24) is 5.32 Å². The number of ether oxygens (including phenoxy) is 1. The molecule has 1 amide bonds. The number of esters is 1. The van der Waals surface area contributed by atoms with E-state index in [9.17, 15) is 9.59 Å². The molecule has 0 unspecified atom stereocenters. The summed E-state index contributed by atoms with van der Waals surface area (Å²) in [5.74, 6) is -0.296. The maximum Gasteiger partial charge on any atom is 0.328 e. The summed E-state index contributed by atoms with van der Waals surface area (Å²) in [6, 6.07) is -0.617. The summed E-state index contributed by atoms with van der Waals surface area (Å²) in [5, 5.41) is 2.66. The third-order valence-electron chi connectivity index (χ3n) is 1.97. The van der Waals surface area contributed by atoms with Gasteiger partial charge in [0.15, 0.2) is 0 Å². The monoisotopic (exact) mass is 227 g/mol. The van der Waals surface area contributed by atoms with Crippen molar-refractivity contribution >= 4 is 11.9 Å². The van der Waals surface area contributed by atoms with Crippen molar-refractivity contribution < 1.29 is 14.3 Å². The molecule has 1 atom stereocenters. The van der Waals surface area contributed by atoms with Crippen molar-refractivity contribution in [3.63, 3.8) is 0 Å². The summed E-state index contributed by atoms with van der Waals surface area (Å²) in [6.45, 7) is 9.43. The summed E-state index contributed by atoms with van der Waals surface area (Å²) in [6.07, 6.45) is 0.820. The summed E-state index contributed by atoms with van der Waals surface area (Å²) in [7, 11) is 1.31. The molecule has 0 bridgehead atoms. The lowest BCUT2D eigenvalue weighted by atomic mass is 10.1. The van der Waals surface area contributed by atoms with Gasteiger partial charge in [0.25, 0.3) is 0 Å². The van der Waals surface area contributed by atoms with Crippen LogP contribution in [0.15, 0.2) is 12.2 Å². The van der Waals surface area contributed by atoms with Gasteiger partial charge in [0.05, 0.1) is 7.11 Å². The molecule has 4 heteroatoms. The molecule has 1 N–H and O–H groups in total. The van der Waals surface area contributed by atoms with Crippen molar-refractivity contribution in [2.45, 2.75) is 39.7 Å². The van der Waals surface area contributed by atoms with Gasteiger partial charge in [-0.3, -0.25) is 4.79 Å². The molecule has 0 fully saturated rings. The van der Waals surface area contributed by atoms with Crippen molar-refractivity contribution in [3.8, 4) is 0 Å². The second kappa shape index (κ2) is 7.04. The van der Waals surface area contributed by atoms with Gasteiger partial charge in [-0.2, -0.15) is 0 Å². The first kappa shape index (κ1) is 14.7. The number of nitrogens with one attached hydrogen (secondary N) is 1. The molecule has 4 nitrogen and oxygen atoms in total. The molecule has 0 saturated carbocycles. The molecule has 0 aromatic heterocycles. The molecular weight excluding hydrogens is 206 g/mol. The Morgan fingerprint density at radius 3 is 2.25 bits per heavy atom. The summed E-state index contributed by atoms with van der Waals surface area (Å²) in [4.78, 5) is 22.9. The maximum absolute atomic E-state index is 11.5. The highest BCUT2D eigenvalue weighted by Gasteiger charge is 2.21. The minimum Gasteiger partial charge on any atom is -0.467 e. The lowest BCUT2D eigenvalue weighted by Crippen LogP contribution is -2.42. The van der Waals surface area contributed by atoms with Gasteiger partial charge < -0.3 is 10.1 Å². The van der Waals surface area contributed by atoms with Gasteiger partial charge in [0.1, 0.15) is 6.04 Å². The molecule has 0 aromatic rings. The highest BCUT2D eigenvalue weighted by molar-refractivity contribution is 5.84. The predicted octanol–water partition coefficient (Wildman–Crippen LogP) is 1.66. The first-order chi connectivity index (χ1) is 7.36. The molecule has 0 heterocycles. The fourth-order valence-corrected chi connectivity index (χ4v) is 1.31. The molecule has 0 spiro atoms. The van der Waals surface area contributed by atoms with Crippen LogP contribution in [-0.2, 0) is 14.3 Å². The van der Waals surface area contributed by atoms with E-state index in [4.69, 9.17) is 0 Å². The molecule has 0 aliphatic carbocycles. The van der Waals surface area contributed by atoms with E-state index in [2.05, 4.69) is 16.6 Å². The van der Waals surface area contributed by atoms with E-state index in [-0.39, 0.29) is 11.8 Å². The Balaban J connectivity index is 4.36. The van der Waals surface area contributed by atoms with E-state index in [1.54, 1.807) is 0 Å². The predicted molar refractivity (Wildman–Crippen MR) is 62.8 cm³/mol. The van der Waals surface area contributed by atoms with Gasteiger partial charge in [0, 0.05) is 6.42 Å². The van der Waals surface area contributed by atoms with Crippen LogP contribution in [0, 0.1) is 5.92 Å². The maximum atomic E-state index is 11.5. The van der Waals surface area contributed by atoms with Crippen molar-refractivity contribution in [1.29, 1.82) is 0 Å². The molecular formula is C12H21NO3. The summed E-state index contributed by atoms with van der Waals surface area (Å²) < 4.78 is 4.62. The second-order valence-corrected chi connectivity index (χ2v) is 4.40. The zero-order valence-corrected chi connectivity index (χ0v) is 10.5. The van der Waals surface area contributed by atoms with Crippen LogP contribution >= 0.6 is 0 Å². The van der Waals surface area contributed by atoms with Crippen LogP contribution < -0.4 is 5.32 Å². The first-order valence-corrected chi connectivity index (χ1v) is 5.38. The van der Waals surface area contributed by atoms with E-state index in [1.165, 1.54) is 7.11 Å². The summed E-state index contributed by atoms with van der Waals surface area (Å²) in [5.41, 5.74) is 0.834. The topological polar surface area (TPSA) is 55.4 Å². The van der Waals surface area contributed by atoms with Crippen LogP contribution in [0.4, 0.5) is 0 Å². The second-order valence-electron chi connectivity index (χ2n) is 4.40. The van der Waals surface area contributed by atoms with E-state index in [0.29, 0.717) is 12.8 Å². The standard InChI is InChI=1S/C12H21NO3/c1-8(2)6-10(12(15)16-5)13-11(14)7-9(3)4/h9-10H,1,6-7H2,2-5H3,(H,13,14)/t10-/m1/s1. The van der Waals surface area contributed by atoms with Gasteiger partial charge in [0.2, 0.25) is 5.91 Å². The van der Waals surface area contributed by atoms with Gasteiger partial charge in [-0.1, -0.05) is 19.4 Å². The van der Waals surface area contributed by atoms with Gasteiger partial charge in [-0.25, -0.2) is 4.79 Å². The number of methoxy groups -OCH3 is 1. The molecule has 16 heavy (non-hydrogen) atoms. The molecule has 0 aliphatic heterocycles. The Bertz CT molecular complexity index is 271. The first-order valence-electron chi connectivity index (χ1n) is 5.38. The molecule has 92 valence electrons. The van der Waals surface area contributed by atoms with E-state index < -0.39 is 12.0 Å². The lowest BCUT2D eigenvalue weighted by Gasteiger charge is -2.17. The van der Waals surface area contributed by atoms with E-state index >= 15 is 0 Å². The quantitative estimate of drug-likeness (QED) is 0.554. The van der Waals surface area contributed by atoms with Gasteiger partial charge in [-0.15, -0.1) is 6.58 Å². The number of carbonyl (C=O) groups excluding carboxylic acids is 2. The molecule has 0 radical (unpaired) electrons. The van der Waals surface area contributed by atoms with Crippen LogP contribution in [0.2, 0.25) is 0 Å². The smallest absolute Gasteiger partial charge is 0.328 e.